The van der Waals surface area contributed by atoms with E-state index in [0.717, 1.165) is 38.4 Å². The summed E-state index contributed by atoms with van der Waals surface area (Å²) in [5.74, 6) is 1.61. The average Bonchev–Trinajstić information content (AvgIpc) is 2.40. The van der Waals surface area contributed by atoms with Crippen LogP contribution in [-0.2, 0) is 6.42 Å². The Kier molecular flexibility index (Phi) is 11.3. The number of hydrogen-bond acceptors (Lipinski definition) is 2. The summed E-state index contributed by atoms with van der Waals surface area (Å²) in [4.78, 5) is 8.71. The summed E-state index contributed by atoms with van der Waals surface area (Å²) in [7, 11) is 0. The van der Waals surface area contributed by atoms with Crippen LogP contribution in [0.2, 0.25) is 0 Å². The normalized spacial score (nSPS) is 11.2. The molecule has 0 unspecified atom stereocenters. The van der Waals surface area contributed by atoms with Crippen LogP contribution in [0.1, 0.15) is 38.3 Å². The summed E-state index contributed by atoms with van der Waals surface area (Å²) >= 11 is 0. The molecule has 1 aromatic heterocycles. The van der Waals surface area contributed by atoms with E-state index in [4.69, 9.17) is 0 Å². The Balaban J connectivity index is 0.00000400. The van der Waals surface area contributed by atoms with Crippen molar-refractivity contribution in [2.24, 2.45) is 10.9 Å². The molecule has 0 aliphatic carbocycles. The first-order valence-electron chi connectivity index (χ1n) is 7.55. The Morgan fingerprint density at radius 1 is 1.33 bits per heavy atom. The number of nitrogens with zero attached hydrogens (tertiary/aromatic N) is 2. The van der Waals surface area contributed by atoms with Crippen molar-refractivity contribution in [3.63, 3.8) is 0 Å². The van der Waals surface area contributed by atoms with Crippen molar-refractivity contribution in [3.8, 4) is 0 Å². The highest BCUT2D eigenvalue weighted by molar-refractivity contribution is 14.0. The third kappa shape index (κ3) is 8.90. The summed E-state index contributed by atoms with van der Waals surface area (Å²) in [5.41, 5.74) is 2.58. The highest BCUT2D eigenvalue weighted by atomic mass is 127. The zero-order chi connectivity index (χ0) is 14.8. The lowest BCUT2D eigenvalue weighted by molar-refractivity contribution is 0.594. The highest BCUT2D eigenvalue weighted by Gasteiger charge is 2.00. The molecule has 0 radical (unpaired) electrons. The molecule has 0 aromatic carbocycles. The molecule has 0 saturated heterocycles. The van der Waals surface area contributed by atoms with Gasteiger partial charge in [0.2, 0.25) is 0 Å². The summed E-state index contributed by atoms with van der Waals surface area (Å²) in [6.45, 7) is 11.3. The molecule has 0 aliphatic rings. The third-order valence-corrected chi connectivity index (χ3v) is 3.14. The van der Waals surface area contributed by atoms with Gasteiger partial charge in [-0.1, -0.05) is 13.8 Å². The van der Waals surface area contributed by atoms with Crippen LogP contribution in [0.15, 0.2) is 23.5 Å². The predicted molar refractivity (Wildman–Crippen MR) is 102 cm³/mol. The van der Waals surface area contributed by atoms with Gasteiger partial charge in [-0.05, 0) is 49.8 Å². The minimum atomic E-state index is 0. The Morgan fingerprint density at radius 3 is 2.71 bits per heavy atom. The Morgan fingerprint density at radius 2 is 2.10 bits per heavy atom. The number of aliphatic imine (C=N–C) groups is 1. The van der Waals surface area contributed by atoms with Gasteiger partial charge < -0.3 is 10.6 Å². The van der Waals surface area contributed by atoms with E-state index in [-0.39, 0.29) is 24.0 Å². The predicted octanol–water partition coefficient (Wildman–Crippen LogP) is 3.15. The lowest BCUT2D eigenvalue weighted by Gasteiger charge is -2.12. The van der Waals surface area contributed by atoms with Crippen molar-refractivity contribution >= 4 is 29.9 Å². The van der Waals surface area contributed by atoms with Crippen LogP contribution in [0.3, 0.4) is 0 Å². The van der Waals surface area contributed by atoms with E-state index in [1.165, 1.54) is 11.1 Å². The first-order valence-corrected chi connectivity index (χ1v) is 7.55. The molecule has 1 heterocycles. The van der Waals surface area contributed by atoms with Gasteiger partial charge >= 0.3 is 0 Å². The summed E-state index contributed by atoms with van der Waals surface area (Å²) in [5, 5.41) is 6.67. The molecule has 120 valence electrons. The molecule has 0 spiro atoms. The molecule has 4 nitrogen and oxygen atoms in total. The zero-order valence-electron chi connectivity index (χ0n) is 13.6. The zero-order valence-corrected chi connectivity index (χ0v) is 16.0. The number of nitrogens with one attached hydrogen (secondary N) is 2. The van der Waals surface area contributed by atoms with Gasteiger partial charge in [-0.2, -0.15) is 0 Å². The van der Waals surface area contributed by atoms with Crippen LogP contribution >= 0.6 is 24.0 Å². The number of aromatic nitrogens is 1. The van der Waals surface area contributed by atoms with Crippen LogP contribution in [0.4, 0.5) is 0 Å². The van der Waals surface area contributed by atoms with E-state index >= 15 is 0 Å². The molecular formula is C16H29IN4. The first-order chi connectivity index (χ1) is 9.63. The fourth-order valence-corrected chi connectivity index (χ4v) is 1.87. The van der Waals surface area contributed by atoms with Crippen molar-refractivity contribution < 1.29 is 0 Å². The Bertz CT molecular complexity index is 418. The van der Waals surface area contributed by atoms with Gasteiger partial charge in [0.05, 0.1) is 0 Å². The number of guanidine groups is 1. The molecular weight excluding hydrogens is 375 g/mol. The molecule has 5 heteroatoms. The molecule has 0 fully saturated rings. The fraction of sp³-hybridized carbons (Fsp3) is 0.625. The molecule has 0 amide bonds. The maximum atomic E-state index is 4.59. The Labute approximate surface area is 146 Å². The first kappa shape index (κ1) is 20.1. The quantitative estimate of drug-likeness (QED) is 0.417. The second-order valence-corrected chi connectivity index (χ2v) is 5.42. The molecule has 0 aliphatic heterocycles. The van der Waals surface area contributed by atoms with Crippen molar-refractivity contribution in [1.29, 1.82) is 0 Å². The Hall–Kier alpha value is -0.850. The molecule has 1 rings (SSSR count). The van der Waals surface area contributed by atoms with Gasteiger partial charge in [-0.15, -0.1) is 24.0 Å². The number of hydrogen-bond donors (Lipinski definition) is 2. The van der Waals surface area contributed by atoms with Crippen molar-refractivity contribution in [3.05, 3.63) is 29.6 Å². The molecule has 21 heavy (non-hydrogen) atoms. The molecule has 0 bridgehead atoms. The topological polar surface area (TPSA) is 49.3 Å². The molecule has 0 atom stereocenters. The van der Waals surface area contributed by atoms with Crippen LogP contribution in [-0.4, -0.2) is 30.6 Å². The standard InChI is InChI=1S/C16H28N4.HI/c1-5-18-16(19-10-6-13(2)3)20-11-8-15-7-9-17-12-14(15)4;/h7,9,12-13H,5-6,8,10-11H2,1-4H3,(H2,18,19,20);1H. The molecule has 2 N–H and O–H groups in total. The lowest BCUT2D eigenvalue weighted by atomic mass is 10.1. The molecule has 1 aromatic rings. The lowest BCUT2D eigenvalue weighted by Crippen LogP contribution is -2.38. The summed E-state index contributed by atoms with van der Waals surface area (Å²) in [6.07, 6.45) is 5.88. The molecule has 0 saturated carbocycles. The highest BCUT2D eigenvalue weighted by Crippen LogP contribution is 2.04. The van der Waals surface area contributed by atoms with E-state index in [1.807, 2.05) is 12.4 Å². The van der Waals surface area contributed by atoms with E-state index in [0.29, 0.717) is 5.92 Å². The van der Waals surface area contributed by atoms with Gasteiger partial charge in [-0.25, -0.2) is 0 Å². The maximum absolute atomic E-state index is 4.59. The van der Waals surface area contributed by atoms with Gasteiger partial charge in [-0.3, -0.25) is 9.98 Å². The second-order valence-electron chi connectivity index (χ2n) is 5.42. The number of rotatable bonds is 7. The summed E-state index contributed by atoms with van der Waals surface area (Å²) < 4.78 is 0. The number of halogens is 1. The second kappa shape index (κ2) is 11.8. The van der Waals surface area contributed by atoms with Crippen LogP contribution in [0.25, 0.3) is 0 Å². The third-order valence-electron chi connectivity index (χ3n) is 3.14. The van der Waals surface area contributed by atoms with E-state index in [1.54, 1.807) is 0 Å². The number of aryl methyl sites for hydroxylation is 1. The van der Waals surface area contributed by atoms with Gasteiger partial charge in [0.15, 0.2) is 5.96 Å². The van der Waals surface area contributed by atoms with E-state index in [9.17, 15) is 0 Å². The van der Waals surface area contributed by atoms with Crippen molar-refractivity contribution in [1.82, 2.24) is 15.6 Å². The smallest absolute Gasteiger partial charge is 0.191 e. The maximum Gasteiger partial charge on any atom is 0.191 e. The minimum absolute atomic E-state index is 0. The van der Waals surface area contributed by atoms with Crippen LogP contribution in [0.5, 0.6) is 0 Å². The SMILES string of the molecule is CCNC(=NCCC(C)C)NCCc1ccncc1C.I. The van der Waals surface area contributed by atoms with Gasteiger partial charge in [0.1, 0.15) is 0 Å². The van der Waals surface area contributed by atoms with Gasteiger partial charge in [0.25, 0.3) is 0 Å². The van der Waals surface area contributed by atoms with Crippen LogP contribution < -0.4 is 10.6 Å². The monoisotopic (exact) mass is 404 g/mol. The van der Waals surface area contributed by atoms with Crippen LogP contribution in [0, 0.1) is 12.8 Å². The minimum Gasteiger partial charge on any atom is -0.357 e. The van der Waals surface area contributed by atoms with Gasteiger partial charge in [0, 0.05) is 32.0 Å². The average molecular weight is 404 g/mol. The van der Waals surface area contributed by atoms with E-state index < -0.39 is 0 Å². The number of pyridine rings is 1. The summed E-state index contributed by atoms with van der Waals surface area (Å²) in [6, 6.07) is 2.08. The van der Waals surface area contributed by atoms with Crippen molar-refractivity contribution in [2.75, 3.05) is 19.6 Å². The fourth-order valence-electron chi connectivity index (χ4n) is 1.87. The van der Waals surface area contributed by atoms with Crippen molar-refractivity contribution in [2.45, 2.75) is 40.5 Å². The van der Waals surface area contributed by atoms with E-state index in [2.05, 4.69) is 54.4 Å². The largest absolute Gasteiger partial charge is 0.357 e.